The number of likely N-dealkylation sites (tertiary alicyclic amines) is 1. The second kappa shape index (κ2) is 12.6. The Hall–Kier alpha value is -0.910. The van der Waals surface area contributed by atoms with Crippen molar-refractivity contribution in [2.45, 2.75) is 50.6 Å². The van der Waals surface area contributed by atoms with Crippen LogP contribution in [0.4, 0.5) is 0 Å². The zero-order valence-corrected chi connectivity index (χ0v) is 20.2. The SMILES string of the molecule is CCCN1CCC(NC(=NCc2cccc(S(=O)(=O)NC)c2)NCC)CC1.I. The van der Waals surface area contributed by atoms with E-state index in [2.05, 4.69) is 32.2 Å². The first-order valence-corrected chi connectivity index (χ1v) is 11.3. The van der Waals surface area contributed by atoms with Crippen LogP contribution in [0.1, 0.15) is 38.7 Å². The summed E-state index contributed by atoms with van der Waals surface area (Å²) in [5.74, 6) is 0.785. The van der Waals surface area contributed by atoms with Crippen LogP contribution >= 0.6 is 24.0 Å². The van der Waals surface area contributed by atoms with Gasteiger partial charge >= 0.3 is 0 Å². The number of hydrogen-bond donors (Lipinski definition) is 3. The summed E-state index contributed by atoms with van der Waals surface area (Å²) in [6.07, 6.45) is 3.42. The molecule has 0 amide bonds. The predicted octanol–water partition coefficient (Wildman–Crippen LogP) is 2.14. The third-order valence-electron chi connectivity index (χ3n) is 4.71. The second-order valence-corrected chi connectivity index (χ2v) is 8.70. The summed E-state index contributed by atoms with van der Waals surface area (Å²) in [6, 6.07) is 7.32. The van der Waals surface area contributed by atoms with Gasteiger partial charge in [-0.15, -0.1) is 24.0 Å². The number of piperidine rings is 1. The van der Waals surface area contributed by atoms with Gasteiger partial charge in [-0.05, 0) is 57.5 Å². The van der Waals surface area contributed by atoms with Crippen LogP contribution in [0, 0.1) is 0 Å². The van der Waals surface area contributed by atoms with E-state index >= 15 is 0 Å². The summed E-state index contributed by atoms with van der Waals surface area (Å²) in [5.41, 5.74) is 0.862. The van der Waals surface area contributed by atoms with Gasteiger partial charge in [0, 0.05) is 25.7 Å². The average Bonchev–Trinajstić information content (AvgIpc) is 2.68. The topological polar surface area (TPSA) is 85.8 Å². The van der Waals surface area contributed by atoms with E-state index in [4.69, 9.17) is 0 Å². The van der Waals surface area contributed by atoms with Gasteiger partial charge in [-0.25, -0.2) is 18.1 Å². The third-order valence-corrected chi connectivity index (χ3v) is 6.12. The Morgan fingerprint density at radius 3 is 2.57 bits per heavy atom. The highest BCUT2D eigenvalue weighted by Gasteiger charge is 2.19. The lowest BCUT2D eigenvalue weighted by Gasteiger charge is -2.32. The van der Waals surface area contributed by atoms with Crippen LogP contribution in [0.2, 0.25) is 0 Å². The third kappa shape index (κ3) is 7.84. The van der Waals surface area contributed by atoms with Crippen LogP contribution in [-0.2, 0) is 16.6 Å². The monoisotopic (exact) mass is 523 g/mol. The molecule has 0 atom stereocenters. The first-order chi connectivity index (χ1) is 13.0. The molecule has 1 aromatic rings. The standard InChI is InChI=1S/C19H33N5O2S.HI/c1-4-11-24-12-9-17(10-13-24)23-19(21-5-2)22-15-16-7-6-8-18(14-16)27(25,26)20-3;/h6-8,14,17,20H,4-5,9-13,15H2,1-3H3,(H2,21,22,23);1H. The number of nitrogens with one attached hydrogen (secondary N) is 3. The van der Waals surface area contributed by atoms with Gasteiger partial charge in [-0.3, -0.25) is 0 Å². The lowest BCUT2D eigenvalue weighted by molar-refractivity contribution is 0.206. The molecule has 3 N–H and O–H groups in total. The lowest BCUT2D eigenvalue weighted by atomic mass is 10.1. The summed E-state index contributed by atoms with van der Waals surface area (Å²) < 4.78 is 26.3. The Kier molecular flexibility index (Phi) is 11.3. The van der Waals surface area contributed by atoms with Crippen LogP contribution in [0.3, 0.4) is 0 Å². The minimum Gasteiger partial charge on any atom is -0.357 e. The van der Waals surface area contributed by atoms with E-state index in [1.165, 1.54) is 20.0 Å². The molecule has 0 aromatic heterocycles. The quantitative estimate of drug-likeness (QED) is 0.276. The Labute approximate surface area is 186 Å². The van der Waals surface area contributed by atoms with Crippen molar-refractivity contribution in [3.63, 3.8) is 0 Å². The van der Waals surface area contributed by atoms with Crippen molar-refractivity contribution in [2.24, 2.45) is 4.99 Å². The minimum absolute atomic E-state index is 0. The van der Waals surface area contributed by atoms with Gasteiger partial charge in [0.15, 0.2) is 5.96 Å². The van der Waals surface area contributed by atoms with E-state index in [0.29, 0.717) is 12.6 Å². The molecule has 1 aromatic carbocycles. The maximum atomic E-state index is 12.0. The van der Waals surface area contributed by atoms with Gasteiger partial charge in [0.05, 0.1) is 11.4 Å². The number of rotatable bonds is 8. The Morgan fingerprint density at radius 2 is 1.96 bits per heavy atom. The van der Waals surface area contributed by atoms with Crippen LogP contribution in [0.5, 0.6) is 0 Å². The molecule has 28 heavy (non-hydrogen) atoms. The van der Waals surface area contributed by atoms with E-state index < -0.39 is 10.0 Å². The Balaban J connectivity index is 0.00000392. The highest BCUT2D eigenvalue weighted by molar-refractivity contribution is 14.0. The van der Waals surface area contributed by atoms with Gasteiger partial charge in [0.1, 0.15) is 0 Å². The van der Waals surface area contributed by atoms with Crippen molar-refractivity contribution in [2.75, 3.05) is 33.2 Å². The predicted molar refractivity (Wildman–Crippen MR) is 126 cm³/mol. The van der Waals surface area contributed by atoms with E-state index in [9.17, 15) is 8.42 Å². The molecule has 9 heteroatoms. The van der Waals surface area contributed by atoms with Gasteiger partial charge in [-0.2, -0.15) is 0 Å². The summed E-state index contributed by atoms with van der Waals surface area (Å²) in [6.45, 7) is 8.89. The smallest absolute Gasteiger partial charge is 0.240 e. The maximum Gasteiger partial charge on any atom is 0.240 e. The normalized spacial score (nSPS) is 16.5. The fraction of sp³-hybridized carbons (Fsp3) is 0.632. The van der Waals surface area contributed by atoms with E-state index in [1.807, 2.05) is 13.0 Å². The summed E-state index contributed by atoms with van der Waals surface area (Å²) >= 11 is 0. The number of hydrogen-bond acceptors (Lipinski definition) is 4. The molecule has 160 valence electrons. The molecule has 0 radical (unpaired) electrons. The van der Waals surface area contributed by atoms with Crippen LogP contribution in [-0.4, -0.2) is 58.5 Å². The minimum atomic E-state index is -3.44. The number of guanidine groups is 1. The first-order valence-electron chi connectivity index (χ1n) is 9.78. The number of benzene rings is 1. The number of nitrogens with zero attached hydrogens (tertiary/aromatic N) is 2. The molecule has 1 heterocycles. The van der Waals surface area contributed by atoms with Gasteiger partial charge in [0.2, 0.25) is 10.0 Å². The molecule has 1 aliphatic rings. The molecule has 0 unspecified atom stereocenters. The van der Waals surface area contributed by atoms with Crippen molar-refractivity contribution in [1.29, 1.82) is 0 Å². The van der Waals surface area contributed by atoms with Crippen molar-refractivity contribution in [3.05, 3.63) is 29.8 Å². The zero-order valence-electron chi connectivity index (χ0n) is 17.1. The highest BCUT2D eigenvalue weighted by atomic mass is 127. The molecule has 0 bridgehead atoms. The molecule has 1 saturated heterocycles. The van der Waals surface area contributed by atoms with Crippen molar-refractivity contribution < 1.29 is 8.42 Å². The highest BCUT2D eigenvalue weighted by Crippen LogP contribution is 2.13. The zero-order chi connectivity index (χ0) is 19.7. The number of sulfonamides is 1. The van der Waals surface area contributed by atoms with Gasteiger partial charge in [-0.1, -0.05) is 19.1 Å². The summed E-state index contributed by atoms with van der Waals surface area (Å²) in [4.78, 5) is 7.42. The average molecular weight is 523 g/mol. The second-order valence-electron chi connectivity index (χ2n) is 6.81. The largest absolute Gasteiger partial charge is 0.357 e. The molecule has 0 spiro atoms. The van der Waals surface area contributed by atoms with Crippen LogP contribution in [0.25, 0.3) is 0 Å². The van der Waals surface area contributed by atoms with Crippen LogP contribution in [0.15, 0.2) is 34.2 Å². The fourth-order valence-electron chi connectivity index (χ4n) is 3.23. The molecule has 7 nitrogen and oxygen atoms in total. The molecular weight excluding hydrogens is 489 g/mol. The van der Waals surface area contributed by atoms with Crippen molar-refractivity contribution in [1.82, 2.24) is 20.3 Å². The molecular formula is C19H34IN5O2S. The molecule has 0 aliphatic carbocycles. The van der Waals surface area contributed by atoms with E-state index in [-0.39, 0.29) is 28.9 Å². The van der Waals surface area contributed by atoms with Crippen molar-refractivity contribution in [3.8, 4) is 0 Å². The van der Waals surface area contributed by atoms with E-state index in [0.717, 1.165) is 44.0 Å². The molecule has 1 fully saturated rings. The van der Waals surface area contributed by atoms with E-state index in [1.54, 1.807) is 18.2 Å². The number of aliphatic imine (C=N–C) groups is 1. The molecule has 1 aliphatic heterocycles. The van der Waals surface area contributed by atoms with Crippen molar-refractivity contribution >= 4 is 40.0 Å². The summed E-state index contributed by atoms with van der Waals surface area (Å²) in [7, 11) is -2.02. The fourth-order valence-corrected chi connectivity index (χ4v) is 4.03. The lowest BCUT2D eigenvalue weighted by Crippen LogP contribution is -2.48. The Morgan fingerprint density at radius 1 is 1.25 bits per heavy atom. The van der Waals surface area contributed by atoms with Gasteiger partial charge < -0.3 is 15.5 Å². The Bertz CT molecular complexity index is 719. The maximum absolute atomic E-state index is 12.0. The van der Waals surface area contributed by atoms with Gasteiger partial charge in [0.25, 0.3) is 0 Å². The number of halogens is 1. The molecule has 0 saturated carbocycles. The summed E-state index contributed by atoms with van der Waals surface area (Å²) in [5, 5.41) is 6.81. The first kappa shape index (κ1) is 25.1. The van der Waals surface area contributed by atoms with Crippen LogP contribution < -0.4 is 15.4 Å². The molecule has 2 rings (SSSR count).